The number of amides is 1. The second-order valence-corrected chi connectivity index (χ2v) is 6.18. The van der Waals surface area contributed by atoms with Crippen LogP contribution in [0.2, 0.25) is 10.0 Å². The van der Waals surface area contributed by atoms with Crippen LogP contribution in [0.1, 0.15) is 24.1 Å². The van der Waals surface area contributed by atoms with Gasteiger partial charge in [0.25, 0.3) is 0 Å². The summed E-state index contributed by atoms with van der Waals surface area (Å²) in [6.45, 7) is 1.85. The van der Waals surface area contributed by atoms with Gasteiger partial charge in [0.05, 0.1) is 20.3 Å². The number of halogens is 2. The maximum atomic E-state index is 12.2. The van der Waals surface area contributed by atoms with E-state index in [1.54, 1.807) is 56.7 Å². The Labute approximate surface area is 157 Å². The Kier molecular flexibility index (Phi) is 6.73. The lowest BCUT2D eigenvalue weighted by atomic mass is 10.1. The standard InChI is InChI=1S/C19H19Cl2NO3/c1-12(16-7-5-14(20)11-17(16)21)22-19(23)9-4-13-10-15(24-2)6-8-18(13)25-3/h4-12H,1-3H3,(H,22,23)/b9-4+/t12-/m0/s1. The second kappa shape index (κ2) is 8.79. The van der Waals surface area contributed by atoms with E-state index < -0.39 is 0 Å². The van der Waals surface area contributed by atoms with Gasteiger partial charge in [-0.3, -0.25) is 4.79 Å². The van der Waals surface area contributed by atoms with Gasteiger partial charge in [0.15, 0.2) is 0 Å². The summed E-state index contributed by atoms with van der Waals surface area (Å²) in [7, 11) is 3.16. The molecule has 4 nitrogen and oxygen atoms in total. The summed E-state index contributed by atoms with van der Waals surface area (Å²) in [4.78, 5) is 12.2. The van der Waals surface area contributed by atoms with Crippen LogP contribution in [0.15, 0.2) is 42.5 Å². The maximum Gasteiger partial charge on any atom is 0.244 e. The van der Waals surface area contributed by atoms with E-state index in [1.807, 2.05) is 6.92 Å². The fourth-order valence-electron chi connectivity index (χ4n) is 2.33. The Hall–Kier alpha value is -2.17. The third-order valence-corrected chi connectivity index (χ3v) is 4.20. The predicted octanol–water partition coefficient (Wildman–Crippen LogP) is 4.90. The van der Waals surface area contributed by atoms with Crippen LogP contribution in [0.4, 0.5) is 0 Å². The van der Waals surface area contributed by atoms with Crippen LogP contribution in [0.25, 0.3) is 6.08 Å². The summed E-state index contributed by atoms with van der Waals surface area (Å²) in [5.74, 6) is 1.09. The van der Waals surface area contributed by atoms with Crippen LogP contribution in [-0.4, -0.2) is 20.1 Å². The predicted molar refractivity (Wildman–Crippen MR) is 102 cm³/mol. The van der Waals surface area contributed by atoms with E-state index in [2.05, 4.69) is 5.32 Å². The third-order valence-electron chi connectivity index (χ3n) is 3.64. The van der Waals surface area contributed by atoms with E-state index in [0.717, 1.165) is 11.1 Å². The molecule has 0 saturated carbocycles. The maximum absolute atomic E-state index is 12.2. The van der Waals surface area contributed by atoms with Crippen molar-refractivity contribution in [3.63, 3.8) is 0 Å². The van der Waals surface area contributed by atoms with Gasteiger partial charge in [-0.2, -0.15) is 0 Å². The first kappa shape index (κ1) is 19.2. The summed E-state index contributed by atoms with van der Waals surface area (Å²) in [6, 6.07) is 10.3. The van der Waals surface area contributed by atoms with Crippen molar-refractivity contribution in [3.05, 3.63) is 63.6 Å². The Morgan fingerprint density at radius 3 is 2.52 bits per heavy atom. The van der Waals surface area contributed by atoms with Gasteiger partial charge >= 0.3 is 0 Å². The molecule has 0 bridgehead atoms. The minimum atomic E-state index is -0.255. The van der Waals surface area contributed by atoms with Crippen LogP contribution in [-0.2, 0) is 4.79 Å². The van der Waals surface area contributed by atoms with Crippen LogP contribution >= 0.6 is 23.2 Å². The van der Waals surface area contributed by atoms with E-state index >= 15 is 0 Å². The summed E-state index contributed by atoms with van der Waals surface area (Å²) in [6.07, 6.45) is 3.12. The number of hydrogen-bond donors (Lipinski definition) is 1. The molecule has 0 heterocycles. The molecular weight excluding hydrogens is 361 g/mol. The van der Waals surface area contributed by atoms with Crippen molar-refractivity contribution in [3.8, 4) is 11.5 Å². The van der Waals surface area contributed by atoms with Crippen molar-refractivity contribution in [1.82, 2.24) is 5.32 Å². The van der Waals surface area contributed by atoms with Gasteiger partial charge in [0.2, 0.25) is 5.91 Å². The fourth-order valence-corrected chi connectivity index (χ4v) is 2.90. The van der Waals surface area contributed by atoms with E-state index in [4.69, 9.17) is 32.7 Å². The molecule has 25 heavy (non-hydrogen) atoms. The Morgan fingerprint density at radius 1 is 1.12 bits per heavy atom. The van der Waals surface area contributed by atoms with Crippen LogP contribution in [0.5, 0.6) is 11.5 Å². The van der Waals surface area contributed by atoms with E-state index in [0.29, 0.717) is 21.5 Å². The fraction of sp³-hybridized carbons (Fsp3) is 0.211. The summed E-state index contributed by atoms with van der Waals surface area (Å²) < 4.78 is 10.5. The van der Waals surface area contributed by atoms with Crippen molar-refractivity contribution >= 4 is 35.2 Å². The highest BCUT2D eigenvalue weighted by molar-refractivity contribution is 6.35. The van der Waals surface area contributed by atoms with Crippen molar-refractivity contribution in [2.45, 2.75) is 13.0 Å². The molecule has 2 aromatic rings. The van der Waals surface area contributed by atoms with Crippen LogP contribution in [0.3, 0.4) is 0 Å². The molecular formula is C19H19Cl2NO3. The number of methoxy groups -OCH3 is 2. The highest BCUT2D eigenvalue weighted by atomic mass is 35.5. The molecule has 1 amide bonds. The van der Waals surface area contributed by atoms with Crippen molar-refractivity contribution in [2.75, 3.05) is 14.2 Å². The first-order valence-corrected chi connectivity index (χ1v) is 8.35. The molecule has 6 heteroatoms. The van der Waals surface area contributed by atoms with Gasteiger partial charge in [-0.25, -0.2) is 0 Å². The normalized spacial score (nSPS) is 12.0. The second-order valence-electron chi connectivity index (χ2n) is 5.34. The quantitative estimate of drug-likeness (QED) is 0.725. The number of benzene rings is 2. The minimum Gasteiger partial charge on any atom is -0.497 e. The van der Waals surface area contributed by atoms with E-state index in [-0.39, 0.29) is 11.9 Å². The lowest BCUT2D eigenvalue weighted by Gasteiger charge is -2.15. The molecule has 132 valence electrons. The van der Waals surface area contributed by atoms with Crippen molar-refractivity contribution < 1.29 is 14.3 Å². The van der Waals surface area contributed by atoms with Crippen molar-refractivity contribution in [2.24, 2.45) is 0 Å². The molecule has 0 fully saturated rings. The lowest BCUT2D eigenvalue weighted by Crippen LogP contribution is -2.24. The molecule has 0 aliphatic rings. The largest absolute Gasteiger partial charge is 0.497 e. The SMILES string of the molecule is COc1ccc(OC)c(/C=C/C(=O)N[C@@H](C)c2ccc(Cl)cc2Cl)c1. The molecule has 0 aromatic heterocycles. The van der Waals surface area contributed by atoms with Gasteiger partial charge < -0.3 is 14.8 Å². The first-order chi connectivity index (χ1) is 11.9. The van der Waals surface area contributed by atoms with Crippen LogP contribution in [0, 0.1) is 0 Å². The van der Waals surface area contributed by atoms with E-state index in [1.165, 1.54) is 6.08 Å². The number of carbonyl (C=O) groups is 1. The highest BCUT2D eigenvalue weighted by Gasteiger charge is 2.12. The zero-order valence-electron chi connectivity index (χ0n) is 14.2. The zero-order valence-corrected chi connectivity index (χ0v) is 15.7. The van der Waals surface area contributed by atoms with Gasteiger partial charge in [0, 0.05) is 21.7 Å². The summed E-state index contributed by atoms with van der Waals surface area (Å²) >= 11 is 12.1. The number of rotatable bonds is 6. The molecule has 2 aromatic carbocycles. The number of carbonyl (C=O) groups excluding carboxylic acids is 1. The van der Waals surface area contributed by atoms with E-state index in [9.17, 15) is 4.79 Å². The summed E-state index contributed by atoms with van der Waals surface area (Å²) in [5.41, 5.74) is 1.54. The average molecular weight is 380 g/mol. The smallest absolute Gasteiger partial charge is 0.244 e. The van der Waals surface area contributed by atoms with Gasteiger partial charge in [-0.05, 0) is 48.9 Å². The molecule has 2 rings (SSSR count). The Bertz CT molecular complexity index is 790. The molecule has 1 atom stereocenters. The summed E-state index contributed by atoms with van der Waals surface area (Å²) in [5, 5.41) is 3.93. The monoisotopic (exact) mass is 379 g/mol. The highest BCUT2D eigenvalue weighted by Crippen LogP contribution is 2.27. The molecule has 0 unspecified atom stereocenters. The Balaban J connectivity index is 2.10. The van der Waals surface area contributed by atoms with Crippen molar-refractivity contribution in [1.29, 1.82) is 0 Å². The minimum absolute atomic E-state index is 0.247. The van der Waals surface area contributed by atoms with Gasteiger partial charge in [-0.15, -0.1) is 0 Å². The molecule has 1 N–H and O–H groups in total. The molecule has 0 aliphatic carbocycles. The van der Waals surface area contributed by atoms with Crippen LogP contribution < -0.4 is 14.8 Å². The molecule has 0 radical (unpaired) electrons. The van der Waals surface area contributed by atoms with Gasteiger partial charge in [-0.1, -0.05) is 29.3 Å². The zero-order chi connectivity index (χ0) is 18.4. The molecule has 0 spiro atoms. The topological polar surface area (TPSA) is 47.6 Å². The Morgan fingerprint density at radius 2 is 1.88 bits per heavy atom. The third kappa shape index (κ3) is 5.15. The number of hydrogen-bond acceptors (Lipinski definition) is 3. The van der Waals surface area contributed by atoms with Gasteiger partial charge in [0.1, 0.15) is 11.5 Å². The average Bonchev–Trinajstić information content (AvgIpc) is 2.59. The molecule has 0 saturated heterocycles. The lowest BCUT2D eigenvalue weighted by molar-refractivity contribution is -0.117. The number of nitrogens with one attached hydrogen (secondary N) is 1. The number of ether oxygens (including phenoxy) is 2. The molecule has 0 aliphatic heterocycles. The first-order valence-electron chi connectivity index (χ1n) is 7.60.